The maximum atomic E-state index is 14.0. The molecule has 0 atom stereocenters. The van der Waals surface area contributed by atoms with Gasteiger partial charge in [0, 0.05) is 24.0 Å². The molecule has 4 nitrogen and oxygen atoms in total. The van der Waals surface area contributed by atoms with E-state index in [2.05, 4.69) is 14.8 Å². The summed E-state index contributed by atoms with van der Waals surface area (Å²) >= 11 is 0. The van der Waals surface area contributed by atoms with Crippen molar-refractivity contribution in [2.75, 3.05) is 0 Å². The number of aryl methyl sites for hydroxylation is 1. The minimum Gasteiger partial charge on any atom is -0.288 e. The summed E-state index contributed by atoms with van der Waals surface area (Å²) in [5, 5.41) is 0. The predicted molar refractivity (Wildman–Crippen MR) is 71.0 cm³/mol. The smallest absolute Gasteiger partial charge is 0.288 e. The summed E-state index contributed by atoms with van der Waals surface area (Å²) in [5.74, 6) is -1.00. The number of rotatable bonds is 1. The second-order valence-electron chi connectivity index (χ2n) is 4.30. The van der Waals surface area contributed by atoms with Gasteiger partial charge < -0.3 is 0 Å². The molecule has 0 aliphatic carbocycles. The minimum absolute atomic E-state index is 0.239. The van der Waals surface area contributed by atoms with Crippen LogP contribution in [0.1, 0.15) is 5.56 Å². The maximum absolute atomic E-state index is 14.0. The Hall–Kier alpha value is -2.81. The van der Waals surface area contributed by atoms with Gasteiger partial charge >= 0.3 is 5.82 Å². The van der Waals surface area contributed by atoms with Crippen LogP contribution in [0.3, 0.4) is 0 Å². The molecule has 3 aromatic rings. The summed E-state index contributed by atoms with van der Waals surface area (Å²) in [7, 11) is 0. The van der Waals surface area contributed by atoms with Crippen molar-refractivity contribution in [1.29, 1.82) is 0 Å². The molecule has 0 fully saturated rings. The van der Waals surface area contributed by atoms with Crippen molar-refractivity contribution in [3.63, 3.8) is 0 Å². The highest BCUT2D eigenvalue weighted by Gasteiger charge is 2.19. The van der Waals surface area contributed by atoms with Crippen LogP contribution in [-0.2, 0) is 0 Å². The van der Waals surface area contributed by atoms with Gasteiger partial charge in [-0.3, -0.25) is 4.40 Å². The molecule has 2 aromatic heterocycles. The van der Waals surface area contributed by atoms with Crippen molar-refractivity contribution in [2.45, 2.75) is 6.92 Å². The monoisotopic (exact) mass is 271 g/mol. The SMILES string of the molecule is C#[N+]c1ncc(-c2cc(C)c(F)cc2F)n2ccnc12. The van der Waals surface area contributed by atoms with Crippen LogP contribution in [0.4, 0.5) is 14.6 Å². The number of fused-ring (bicyclic) bond motifs is 1. The molecule has 98 valence electrons. The van der Waals surface area contributed by atoms with E-state index in [0.717, 1.165) is 6.07 Å². The third-order valence-corrected chi connectivity index (χ3v) is 3.06. The second-order valence-corrected chi connectivity index (χ2v) is 4.30. The Labute approximate surface area is 113 Å². The molecule has 0 unspecified atom stereocenters. The van der Waals surface area contributed by atoms with E-state index in [9.17, 15) is 8.78 Å². The Morgan fingerprint density at radius 3 is 2.75 bits per heavy atom. The Balaban J connectivity index is 2.34. The lowest BCUT2D eigenvalue weighted by Gasteiger charge is -2.06. The van der Waals surface area contributed by atoms with Gasteiger partial charge in [0.05, 0.1) is 0 Å². The number of hydrogen-bond acceptors (Lipinski definition) is 2. The zero-order chi connectivity index (χ0) is 14.3. The summed E-state index contributed by atoms with van der Waals surface area (Å²) in [5.41, 5.74) is 1.45. The number of hydrogen-bond donors (Lipinski definition) is 0. The molecular formula is C14H9F2N4+. The highest BCUT2D eigenvalue weighted by molar-refractivity contribution is 5.71. The van der Waals surface area contributed by atoms with Crippen LogP contribution >= 0.6 is 0 Å². The number of aromatic nitrogens is 3. The van der Waals surface area contributed by atoms with Gasteiger partial charge in [0.2, 0.25) is 0 Å². The van der Waals surface area contributed by atoms with Gasteiger partial charge in [0.25, 0.3) is 5.65 Å². The molecule has 0 bridgehead atoms. The average Bonchev–Trinajstić information content (AvgIpc) is 2.91. The summed E-state index contributed by atoms with van der Waals surface area (Å²) < 4.78 is 28.9. The van der Waals surface area contributed by atoms with E-state index >= 15 is 0 Å². The van der Waals surface area contributed by atoms with Crippen molar-refractivity contribution in [1.82, 2.24) is 14.4 Å². The molecule has 0 saturated heterocycles. The highest BCUT2D eigenvalue weighted by Crippen LogP contribution is 2.28. The molecule has 0 radical (unpaired) electrons. The molecule has 0 saturated carbocycles. The fourth-order valence-corrected chi connectivity index (χ4v) is 2.05. The Morgan fingerprint density at radius 1 is 1.20 bits per heavy atom. The van der Waals surface area contributed by atoms with Gasteiger partial charge in [-0.1, -0.05) is 0 Å². The van der Waals surface area contributed by atoms with Crippen LogP contribution in [0.25, 0.3) is 21.7 Å². The van der Waals surface area contributed by atoms with Crippen LogP contribution in [0.2, 0.25) is 0 Å². The number of halogens is 2. The summed E-state index contributed by atoms with van der Waals surface area (Å²) in [4.78, 5) is 11.6. The number of benzene rings is 1. The van der Waals surface area contributed by atoms with E-state index in [1.807, 2.05) is 0 Å². The van der Waals surface area contributed by atoms with Crippen molar-refractivity contribution in [3.8, 4) is 17.8 Å². The molecule has 1 aromatic carbocycles. The Morgan fingerprint density at radius 2 is 2.00 bits per heavy atom. The van der Waals surface area contributed by atoms with Crippen molar-refractivity contribution >= 4 is 11.5 Å². The van der Waals surface area contributed by atoms with Crippen molar-refractivity contribution in [2.24, 2.45) is 0 Å². The second kappa shape index (κ2) is 4.38. The lowest BCUT2D eigenvalue weighted by Crippen LogP contribution is -1.97. The fourth-order valence-electron chi connectivity index (χ4n) is 2.05. The third-order valence-electron chi connectivity index (χ3n) is 3.06. The summed E-state index contributed by atoms with van der Waals surface area (Å²) in [6, 6.07) is 2.29. The first-order valence-corrected chi connectivity index (χ1v) is 5.81. The van der Waals surface area contributed by atoms with E-state index in [1.54, 1.807) is 17.5 Å². The Kier molecular flexibility index (Phi) is 2.68. The lowest BCUT2D eigenvalue weighted by atomic mass is 10.1. The molecule has 6 heteroatoms. The topological polar surface area (TPSA) is 34.5 Å². The molecule has 0 aliphatic rings. The first kappa shape index (κ1) is 12.2. The summed E-state index contributed by atoms with van der Waals surface area (Å²) in [6.07, 6.45) is 4.60. The number of nitrogens with zero attached hydrogens (tertiary/aromatic N) is 4. The minimum atomic E-state index is -0.665. The largest absolute Gasteiger partial charge is 0.468 e. The first-order valence-electron chi connectivity index (χ1n) is 5.81. The highest BCUT2D eigenvalue weighted by atomic mass is 19.1. The average molecular weight is 271 g/mol. The Bertz CT molecular complexity index is 861. The van der Waals surface area contributed by atoms with Gasteiger partial charge in [-0.15, -0.1) is 0 Å². The normalized spacial score (nSPS) is 10.7. The molecule has 0 N–H and O–H groups in total. The quantitative estimate of drug-likeness (QED) is 0.678. The lowest BCUT2D eigenvalue weighted by molar-refractivity contribution is 0.579. The molecular weight excluding hydrogens is 262 g/mol. The van der Waals surface area contributed by atoms with E-state index in [0.29, 0.717) is 16.9 Å². The van der Waals surface area contributed by atoms with Gasteiger partial charge in [-0.25, -0.2) is 13.8 Å². The predicted octanol–water partition coefficient (Wildman–Crippen LogP) is 3.58. The maximum Gasteiger partial charge on any atom is 0.468 e. The van der Waals surface area contributed by atoms with E-state index in [-0.39, 0.29) is 11.4 Å². The van der Waals surface area contributed by atoms with Crippen molar-refractivity contribution in [3.05, 3.63) is 52.8 Å². The molecule has 0 spiro atoms. The van der Waals surface area contributed by atoms with Gasteiger partial charge in [-0.2, -0.15) is 4.85 Å². The molecule has 20 heavy (non-hydrogen) atoms. The van der Waals surface area contributed by atoms with Gasteiger partial charge in [-0.05, 0) is 23.5 Å². The van der Waals surface area contributed by atoms with Gasteiger partial charge in [0.15, 0.2) is 6.20 Å². The standard InChI is InChI=1S/C14H9F2N4/c1-8-5-9(11(16)6-10(8)15)12-7-19-13(17-2)14-18-3-4-20(12)14/h2-7H,1H3/q+1. The molecule has 0 amide bonds. The van der Waals surface area contributed by atoms with Crippen LogP contribution in [0, 0.1) is 25.1 Å². The molecule has 0 aliphatic heterocycles. The van der Waals surface area contributed by atoms with E-state index in [4.69, 9.17) is 6.57 Å². The zero-order valence-electron chi connectivity index (χ0n) is 10.5. The van der Waals surface area contributed by atoms with E-state index < -0.39 is 11.6 Å². The van der Waals surface area contributed by atoms with Crippen molar-refractivity contribution < 1.29 is 8.78 Å². The summed E-state index contributed by atoms with van der Waals surface area (Å²) in [6.45, 7) is 6.79. The van der Waals surface area contributed by atoms with Crippen LogP contribution in [0.5, 0.6) is 0 Å². The van der Waals surface area contributed by atoms with Crippen LogP contribution < -0.4 is 0 Å². The molecule has 2 heterocycles. The third kappa shape index (κ3) is 1.72. The zero-order valence-corrected chi connectivity index (χ0v) is 10.5. The first-order chi connectivity index (χ1) is 9.61. The van der Waals surface area contributed by atoms with Crippen LogP contribution in [-0.4, -0.2) is 14.4 Å². The fraction of sp³-hybridized carbons (Fsp3) is 0.0714. The van der Waals surface area contributed by atoms with Gasteiger partial charge in [0.1, 0.15) is 23.9 Å². The number of imidazole rings is 1. The van der Waals surface area contributed by atoms with Crippen LogP contribution in [0.15, 0.2) is 30.7 Å². The molecule has 3 rings (SSSR count). The van der Waals surface area contributed by atoms with E-state index in [1.165, 1.54) is 18.5 Å².